The van der Waals surface area contributed by atoms with Gasteiger partial charge in [-0.25, -0.2) is 4.98 Å². The van der Waals surface area contributed by atoms with Crippen LogP contribution in [0.2, 0.25) is 0 Å². The molecule has 0 fully saturated rings. The van der Waals surface area contributed by atoms with Crippen LogP contribution in [0.5, 0.6) is 0 Å². The second-order valence-corrected chi connectivity index (χ2v) is 3.15. The van der Waals surface area contributed by atoms with Crippen molar-refractivity contribution in [2.24, 2.45) is 0 Å². The third kappa shape index (κ3) is 2.02. The summed E-state index contributed by atoms with van der Waals surface area (Å²) in [6, 6.07) is 0. The predicted molar refractivity (Wildman–Crippen MR) is 49.9 cm³/mol. The van der Waals surface area contributed by atoms with Crippen molar-refractivity contribution in [3.05, 3.63) is 41.4 Å². The Morgan fingerprint density at radius 2 is 2.09 bits per heavy atom. The molecule has 11 heavy (non-hydrogen) atoms. The number of aromatic nitrogens is 1. The van der Waals surface area contributed by atoms with E-state index in [0.29, 0.717) is 0 Å². The van der Waals surface area contributed by atoms with E-state index in [4.69, 9.17) is 0 Å². The number of hydrogen-bond donors (Lipinski definition) is 0. The fourth-order valence-corrected chi connectivity index (χ4v) is 1.69. The molecule has 1 aromatic heterocycles. The van der Waals surface area contributed by atoms with Gasteiger partial charge in [-0.2, -0.15) is 0 Å². The van der Waals surface area contributed by atoms with E-state index in [0.717, 1.165) is 18.5 Å². The van der Waals surface area contributed by atoms with Crippen LogP contribution in [0.3, 0.4) is 0 Å². The fraction of sp³-hybridized carbons (Fsp3) is 0.222. The van der Waals surface area contributed by atoms with Crippen LogP contribution in [0.4, 0.5) is 0 Å². The first-order valence-electron chi connectivity index (χ1n) is 3.51. The molecule has 58 valence electrons. The topological polar surface area (TPSA) is 12.9 Å². The molecule has 1 nitrogen and oxygen atoms in total. The third-order valence-electron chi connectivity index (χ3n) is 1.39. The van der Waals surface area contributed by atoms with Crippen molar-refractivity contribution in [1.29, 1.82) is 0 Å². The minimum Gasteiger partial charge on any atom is -0.249 e. The summed E-state index contributed by atoms with van der Waals surface area (Å²) in [5.74, 6) is 0. The number of rotatable bonds is 4. The normalized spacial score (nSPS) is 9.45. The van der Waals surface area contributed by atoms with Crippen LogP contribution in [0.1, 0.15) is 10.6 Å². The number of thiazole rings is 1. The lowest BCUT2D eigenvalue weighted by molar-refractivity contribution is 1.10. The van der Waals surface area contributed by atoms with Crippen molar-refractivity contribution >= 4 is 11.3 Å². The maximum absolute atomic E-state index is 4.22. The molecule has 0 saturated carbocycles. The molecule has 0 aromatic carbocycles. The molecule has 0 unspecified atom stereocenters. The summed E-state index contributed by atoms with van der Waals surface area (Å²) >= 11 is 1.68. The summed E-state index contributed by atoms with van der Waals surface area (Å²) in [5, 5.41) is 0. The van der Waals surface area contributed by atoms with Crippen molar-refractivity contribution < 1.29 is 0 Å². The molecular weight excluding hydrogens is 154 g/mol. The van der Waals surface area contributed by atoms with Crippen LogP contribution in [0, 0.1) is 0 Å². The lowest BCUT2D eigenvalue weighted by atomic mass is 10.2. The van der Waals surface area contributed by atoms with Gasteiger partial charge < -0.3 is 0 Å². The van der Waals surface area contributed by atoms with Gasteiger partial charge in [-0.15, -0.1) is 24.5 Å². The van der Waals surface area contributed by atoms with Crippen LogP contribution < -0.4 is 0 Å². The van der Waals surface area contributed by atoms with Crippen LogP contribution in [-0.4, -0.2) is 4.98 Å². The van der Waals surface area contributed by atoms with Crippen LogP contribution in [0.15, 0.2) is 30.8 Å². The largest absolute Gasteiger partial charge is 0.249 e. The van der Waals surface area contributed by atoms with Crippen molar-refractivity contribution in [2.75, 3.05) is 0 Å². The molecule has 0 aliphatic rings. The highest BCUT2D eigenvalue weighted by Crippen LogP contribution is 2.14. The summed E-state index contributed by atoms with van der Waals surface area (Å²) in [6.45, 7) is 7.37. The Morgan fingerprint density at radius 1 is 1.36 bits per heavy atom. The van der Waals surface area contributed by atoms with Gasteiger partial charge in [0.25, 0.3) is 0 Å². The smallest absolute Gasteiger partial charge is 0.0797 e. The van der Waals surface area contributed by atoms with Crippen LogP contribution in [0.25, 0.3) is 0 Å². The van der Waals surface area contributed by atoms with E-state index in [-0.39, 0.29) is 0 Å². The first kappa shape index (κ1) is 8.21. The SMILES string of the molecule is C=CCc1ncsc1CC=C. The van der Waals surface area contributed by atoms with Crippen LogP contribution in [-0.2, 0) is 12.8 Å². The van der Waals surface area contributed by atoms with Gasteiger partial charge in [-0.3, -0.25) is 0 Å². The highest BCUT2D eigenvalue weighted by Gasteiger charge is 2.00. The molecule has 0 aliphatic heterocycles. The molecular formula is C9H11NS. The second kappa shape index (κ2) is 4.09. The minimum atomic E-state index is 0.868. The van der Waals surface area contributed by atoms with Gasteiger partial charge in [0.05, 0.1) is 11.2 Å². The van der Waals surface area contributed by atoms with E-state index in [1.165, 1.54) is 4.88 Å². The van der Waals surface area contributed by atoms with Crippen molar-refractivity contribution in [1.82, 2.24) is 4.98 Å². The number of hydrogen-bond acceptors (Lipinski definition) is 2. The number of nitrogens with zero attached hydrogens (tertiary/aromatic N) is 1. The van der Waals surface area contributed by atoms with E-state index < -0.39 is 0 Å². The second-order valence-electron chi connectivity index (χ2n) is 2.21. The van der Waals surface area contributed by atoms with Gasteiger partial charge in [-0.05, 0) is 0 Å². The minimum absolute atomic E-state index is 0.868. The van der Waals surface area contributed by atoms with Crippen molar-refractivity contribution in [3.63, 3.8) is 0 Å². The third-order valence-corrected chi connectivity index (χ3v) is 2.29. The molecule has 0 saturated heterocycles. The molecule has 0 aliphatic carbocycles. The lowest BCUT2D eigenvalue weighted by Crippen LogP contribution is -1.86. The van der Waals surface area contributed by atoms with E-state index in [1.54, 1.807) is 11.3 Å². The molecule has 0 spiro atoms. The zero-order chi connectivity index (χ0) is 8.10. The first-order valence-corrected chi connectivity index (χ1v) is 4.39. The first-order chi connectivity index (χ1) is 5.38. The van der Waals surface area contributed by atoms with E-state index in [1.807, 2.05) is 17.7 Å². The highest BCUT2D eigenvalue weighted by molar-refractivity contribution is 7.09. The fourth-order valence-electron chi connectivity index (χ4n) is 0.894. The maximum atomic E-state index is 4.22. The Kier molecular flexibility index (Phi) is 3.05. The summed E-state index contributed by atoms with van der Waals surface area (Å²) in [7, 11) is 0. The molecule has 0 atom stereocenters. The molecule has 0 radical (unpaired) electrons. The van der Waals surface area contributed by atoms with Crippen LogP contribution >= 0.6 is 11.3 Å². The Morgan fingerprint density at radius 3 is 2.73 bits per heavy atom. The quantitative estimate of drug-likeness (QED) is 0.625. The summed E-state index contributed by atoms with van der Waals surface area (Å²) < 4.78 is 0. The van der Waals surface area contributed by atoms with Gasteiger partial charge in [0.15, 0.2) is 0 Å². The average Bonchev–Trinajstić information content (AvgIpc) is 2.39. The molecule has 0 N–H and O–H groups in total. The highest BCUT2D eigenvalue weighted by atomic mass is 32.1. The van der Waals surface area contributed by atoms with Gasteiger partial charge >= 0.3 is 0 Å². The molecule has 2 heteroatoms. The maximum Gasteiger partial charge on any atom is 0.0797 e. The standard InChI is InChI=1S/C9H11NS/c1-3-5-8-9(6-4-2)11-7-10-8/h3-4,7H,1-2,5-6H2. The summed E-state index contributed by atoms with van der Waals surface area (Å²) in [5.41, 5.74) is 3.02. The van der Waals surface area contributed by atoms with E-state index in [2.05, 4.69) is 18.1 Å². The Bertz CT molecular complexity index is 225. The van der Waals surface area contributed by atoms with Gasteiger partial charge in [0.2, 0.25) is 0 Å². The monoisotopic (exact) mass is 165 g/mol. The van der Waals surface area contributed by atoms with E-state index >= 15 is 0 Å². The van der Waals surface area contributed by atoms with Gasteiger partial charge in [0, 0.05) is 17.7 Å². The molecule has 0 bridgehead atoms. The molecule has 0 amide bonds. The van der Waals surface area contributed by atoms with Gasteiger partial charge in [0.1, 0.15) is 0 Å². The Hall–Kier alpha value is -0.890. The van der Waals surface area contributed by atoms with Gasteiger partial charge in [-0.1, -0.05) is 12.2 Å². The Balaban J connectivity index is 2.76. The zero-order valence-corrected chi connectivity index (χ0v) is 7.23. The summed E-state index contributed by atoms with van der Waals surface area (Å²) in [4.78, 5) is 5.53. The number of allylic oxidation sites excluding steroid dienone is 2. The Labute approximate surface area is 71.1 Å². The van der Waals surface area contributed by atoms with E-state index in [9.17, 15) is 0 Å². The predicted octanol–water partition coefficient (Wildman–Crippen LogP) is 2.60. The lowest BCUT2D eigenvalue weighted by Gasteiger charge is -1.93. The average molecular weight is 165 g/mol. The molecule has 1 aromatic rings. The molecule has 1 rings (SSSR count). The summed E-state index contributed by atoms with van der Waals surface area (Å²) in [6.07, 6.45) is 5.57. The zero-order valence-electron chi connectivity index (χ0n) is 6.42. The molecule has 1 heterocycles. The van der Waals surface area contributed by atoms with Crippen molar-refractivity contribution in [2.45, 2.75) is 12.8 Å². The van der Waals surface area contributed by atoms with Crippen molar-refractivity contribution in [3.8, 4) is 0 Å².